The van der Waals surface area contributed by atoms with Gasteiger partial charge in [-0.3, -0.25) is 0 Å². The summed E-state index contributed by atoms with van der Waals surface area (Å²) >= 11 is 1.11. The molecule has 0 saturated carbocycles. The first kappa shape index (κ1) is 13.3. The van der Waals surface area contributed by atoms with Crippen LogP contribution in [0.5, 0.6) is 11.6 Å². The van der Waals surface area contributed by atoms with E-state index >= 15 is 0 Å². The highest BCUT2D eigenvalue weighted by Gasteiger charge is 2.18. The fourth-order valence-electron chi connectivity index (χ4n) is 1.50. The Balaban J connectivity index is 2.44. The number of rotatable bonds is 5. The first-order valence-corrected chi connectivity index (χ1v) is 6.33. The third kappa shape index (κ3) is 2.82. The predicted octanol–water partition coefficient (Wildman–Crippen LogP) is 2.31. The normalized spacial score (nSPS) is 10.2. The van der Waals surface area contributed by atoms with E-state index in [-0.39, 0.29) is 4.88 Å². The van der Waals surface area contributed by atoms with Crippen molar-refractivity contribution in [1.29, 1.82) is 0 Å². The highest BCUT2D eigenvalue weighted by atomic mass is 32.1. The fraction of sp³-hybridized carbons (Fsp3) is 0.250. The number of methoxy groups -OCH3 is 1. The predicted molar refractivity (Wildman–Crippen MR) is 70.0 cm³/mol. The van der Waals surface area contributed by atoms with Crippen LogP contribution in [0.15, 0.2) is 18.5 Å². The van der Waals surface area contributed by atoms with E-state index in [1.807, 2.05) is 0 Å². The number of carboxylic acid groups (broad SMARTS) is 1. The van der Waals surface area contributed by atoms with Crippen LogP contribution in [0.1, 0.15) is 16.6 Å². The molecule has 0 aliphatic rings. The van der Waals surface area contributed by atoms with Crippen LogP contribution in [-0.4, -0.2) is 34.8 Å². The Bertz CT molecular complexity index is 597. The molecule has 2 aromatic heterocycles. The molecule has 7 heteroatoms. The summed E-state index contributed by atoms with van der Waals surface area (Å²) in [5.41, 5.74) is 0.602. The Morgan fingerprint density at radius 1 is 1.42 bits per heavy atom. The van der Waals surface area contributed by atoms with E-state index in [9.17, 15) is 4.79 Å². The Labute approximate surface area is 113 Å². The molecule has 2 heterocycles. The largest absolute Gasteiger partial charge is 0.492 e. The molecule has 0 amide bonds. The molecular weight excluding hydrogens is 268 g/mol. The summed E-state index contributed by atoms with van der Waals surface area (Å²) in [5.74, 6) is -0.235. The van der Waals surface area contributed by atoms with E-state index in [2.05, 4.69) is 9.97 Å². The SMILES string of the molecule is CCOc1cc(-c2cc(OC)ncn2)sc1C(=O)O. The van der Waals surface area contributed by atoms with Crippen molar-refractivity contribution in [3.05, 3.63) is 23.3 Å². The molecule has 0 aromatic carbocycles. The number of thiophene rings is 1. The number of aromatic nitrogens is 2. The molecule has 0 unspecified atom stereocenters. The number of carboxylic acids is 1. The molecule has 2 aromatic rings. The van der Waals surface area contributed by atoms with Crippen LogP contribution in [0.3, 0.4) is 0 Å². The lowest BCUT2D eigenvalue weighted by Crippen LogP contribution is -1.98. The molecule has 0 atom stereocenters. The van der Waals surface area contributed by atoms with Gasteiger partial charge >= 0.3 is 5.97 Å². The average molecular weight is 280 g/mol. The summed E-state index contributed by atoms with van der Waals surface area (Å²) in [6.45, 7) is 2.21. The van der Waals surface area contributed by atoms with Crippen molar-refractivity contribution in [2.24, 2.45) is 0 Å². The minimum atomic E-state index is -1.01. The molecule has 1 N–H and O–H groups in total. The second-order valence-corrected chi connectivity index (χ2v) is 4.54. The zero-order valence-corrected chi connectivity index (χ0v) is 11.2. The molecule has 0 saturated heterocycles. The maximum absolute atomic E-state index is 11.1. The minimum absolute atomic E-state index is 0.162. The molecule has 0 spiro atoms. The van der Waals surface area contributed by atoms with Crippen LogP contribution in [0.4, 0.5) is 0 Å². The Morgan fingerprint density at radius 3 is 2.84 bits per heavy atom. The lowest BCUT2D eigenvalue weighted by molar-refractivity contribution is 0.0698. The van der Waals surface area contributed by atoms with E-state index in [0.29, 0.717) is 28.8 Å². The smallest absolute Gasteiger partial charge is 0.349 e. The number of hydrogen-bond donors (Lipinski definition) is 1. The number of nitrogens with zero attached hydrogens (tertiary/aromatic N) is 2. The molecule has 0 aliphatic heterocycles. The van der Waals surface area contributed by atoms with Gasteiger partial charge in [-0.25, -0.2) is 14.8 Å². The number of hydrogen-bond acceptors (Lipinski definition) is 6. The fourth-order valence-corrected chi connectivity index (χ4v) is 2.41. The molecular formula is C12H12N2O4S. The van der Waals surface area contributed by atoms with Crippen LogP contribution < -0.4 is 9.47 Å². The quantitative estimate of drug-likeness (QED) is 0.905. The van der Waals surface area contributed by atoms with E-state index in [0.717, 1.165) is 11.3 Å². The van der Waals surface area contributed by atoms with Gasteiger partial charge in [0.1, 0.15) is 12.1 Å². The van der Waals surface area contributed by atoms with E-state index in [4.69, 9.17) is 14.6 Å². The van der Waals surface area contributed by atoms with Gasteiger partial charge < -0.3 is 14.6 Å². The van der Waals surface area contributed by atoms with Gasteiger partial charge in [0.25, 0.3) is 0 Å². The molecule has 100 valence electrons. The average Bonchev–Trinajstić information content (AvgIpc) is 2.83. The summed E-state index contributed by atoms with van der Waals surface area (Å²) in [7, 11) is 1.51. The maximum atomic E-state index is 11.1. The van der Waals surface area contributed by atoms with Gasteiger partial charge in [0.15, 0.2) is 4.88 Å². The van der Waals surface area contributed by atoms with Gasteiger partial charge in [-0.2, -0.15) is 0 Å². The first-order chi connectivity index (χ1) is 9.15. The summed E-state index contributed by atoms with van der Waals surface area (Å²) in [4.78, 5) is 20.0. The van der Waals surface area contributed by atoms with Crippen LogP contribution in [0.2, 0.25) is 0 Å². The summed E-state index contributed by atoms with van der Waals surface area (Å²) < 4.78 is 10.3. The molecule has 0 aliphatic carbocycles. The summed E-state index contributed by atoms with van der Waals surface area (Å²) in [5, 5.41) is 9.13. The van der Waals surface area contributed by atoms with Crippen molar-refractivity contribution >= 4 is 17.3 Å². The van der Waals surface area contributed by atoms with Crippen molar-refractivity contribution in [1.82, 2.24) is 9.97 Å². The Hall–Kier alpha value is -2.15. The summed E-state index contributed by atoms with van der Waals surface area (Å²) in [6, 6.07) is 3.31. The molecule has 0 bridgehead atoms. The van der Waals surface area contributed by atoms with Crippen molar-refractivity contribution < 1.29 is 19.4 Å². The van der Waals surface area contributed by atoms with E-state index in [1.54, 1.807) is 19.1 Å². The molecule has 0 radical (unpaired) electrons. The second kappa shape index (κ2) is 5.66. The van der Waals surface area contributed by atoms with Gasteiger partial charge in [0, 0.05) is 12.1 Å². The van der Waals surface area contributed by atoms with Crippen LogP contribution in [0.25, 0.3) is 10.6 Å². The molecule has 19 heavy (non-hydrogen) atoms. The van der Waals surface area contributed by atoms with Gasteiger partial charge in [-0.15, -0.1) is 11.3 Å². The van der Waals surface area contributed by atoms with Gasteiger partial charge in [0.2, 0.25) is 5.88 Å². The highest BCUT2D eigenvalue weighted by Crippen LogP contribution is 2.36. The second-order valence-electron chi connectivity index (χ2n) is 3.49. The molecule has 2 rings (SSSR count). The lowest BCUT2D eigenvalue weighted by Gasteiger charge is -2.00. The van der Waals surface area contributed by atoms with Crippen LogP contribution in [-0.2, 0) is 0 Å². The molecule has 0 fully saturated rings. The third-order valence-corrected chi connectivity index (χ3v) is 3.42. The topological polar surface area (TPSA) is 81.5 Å². The van der Waals surface area contributed by atoms with Gasteiger partial charge in [-0.1, -0.05) is 0 Å². The van der Waals surface area contributed by atoms with Gasteiger partial charge in [0.05, 0.1) is 24.3 Å². The maximum Gasteiger partial charge on any atom is 0.349 e. The van der Waals surface area contributed by atoms with Crippen LogP contribution >= 0.6 is 11.3 Å². The van der Waals surface area contributed by atoms with Crippen molar-refractivity contribution in [2.75, 3.05) is 13.7 Å². The zero-order chi connectivity index (χ0) is 13.8. The Morgan fingerprint density at radius 2 is 2.21 bits per heavy atom. The highest BCUT2D eigenvalue weighted by molar-refractivity contribution is 7.17. The Kier molecular flexibility index (Phi) is 3.96. The molecule has 6 nitrogen and oxygen atoms in total. The minimum Gasteiger partial charge on any atom is -0.492 e. The standard InChI is InChI=1S/C12H12N2O4S/c1-3-18-8-5-9(19-11(8)12(15)16)7-4-10(17-2)14-6-13-7/h4-6H,3H2,1-2H3,(H,15,16). The van der Waals surface area contributed by atoms with Crippen molar-refractivity contribution in [3.63, 3.8) is 0 Å². The van der Waals surface area contributed by atoms with E-state index in [1.165, 1.54) is 13.4 Å². The van der Waals surface area contributed by atoms with Crippen molar-refractivity contribution in [2.45, 2.75) is 6.92 Å². The van der Waals surface area contributed by atoms with Crippen LogP contribution in [0, 0.1) is 0 Å². The van der Waals surface area contributed by atoms with Gasteiger partial charge in [-0.05, 0) is 6.92 Å². The third-order valence-electron chi connectivity index (χ3n) is 2.30. The summed E-state index contributed by atoms with van der Waals surface area (Å²) in [6.07, 6.45) is 1.37. The van der Waals surface area contributed by atoms with Crippen molar-refractivity contribution in [3.8, 4) is 22.2 Å². The monoisotopic (exact) mass is 280 g/mol. The number of ether oxygens (including phenoxy) is 2. The number of aromatic carboxylic acids is 1. The van der Waals surface area contributed by atoms with E-state index < -0.39 is 5.97 Å². The lowest BCUT2D eigenvalue weighted by atomic mass is 10.3. The number of carbonyl (C=O) groups is 1. The zero-order valence-electron chi connectivity index (χ0n) is 10.4. The first-order valence-electron chi connectivity index (χ1n) is 5.52.